The molecule has 0 aliphatic heterocycles. The highest BCUT2D eigenvalue weighted by molar-refractivity contribution is 7.70. The van der Waals surface area contributed by atoms with Gasteiger partial charge < -0.3 is 27.1 Å². The van der Waals surface area contributed by atoms with E-state index in [1.807, 2.05) is 93.6 Å². The van der Waals surface area contributed by atoms with Crippen molar-refractivity contribution in [3.63, 3.8) is 0 Å². The Bertz CT molecular complexity index is 1260. The molecule has 44 heavy (non-hydrogen) atoms. The summed E-state index contributed by atoms with van der Waals surface area (Å²) in [6.45, 7) is 13.9. The summed E-state index contributed by atoms with van der Waals surface area (Å²) in [4.78, 5) is 3.50. The fraction of sp³-hybridized carbons (Fsp3) is 0.455. The fourth-order valence-corrected chi connectivity index (χ4v) is 9.27. The molecule has 242 valence electrons. The highest BCUT2D eigenvalue weighted by Crippen LogP contribution is 2.62. The Morgan fingerprint density at radius 1 is 0.591 bits per heavy atom. The van der Waals surface area contributed by atoms with Crippen molar-refractivity contribution in [2.75, 3.05) is 19.8 Å². The van der Waals surface area contributed by atoms with Gasteiger partial charge >= 0.3 is 24.7 Å². The van der Waals surface area contributed by atoms with Crippen molar-refractivity contribution in [3.05, 3.63) is 89.5 Å². The summed E-state index contributed by atoms with van der Waals surface area (Å²) in [5.41, 5.74) is 3.41. The second-order valence-corrected chi connectivity index (χ2v) is 15.3. The Labute approximate surface area is 267 Å². The molecule has 0 spiro atoms. The zero-order valence-electron chi connectivity index (χ0n) is 27.0. The third-order valence-corrected chi connectivity index (χ3v) is 12.0. The van der Waals surface area contributed by atoms with Gasteiger partial charge in [-0.05, 0) is 76.4 Å². The van der Waals surface area contributed by atoms with Crippen molar-refractivity contribution in [1.29, 1.82) is 0 Å². The Hall–Kier alpha value is -2.01. The second-order valence-electron chi connectivity index (χ2n) is 10.5. The molecule has 0 heterocycles. The van der Waals surface area contributed by atoms with Gasteiger partial charge in [-0.2, -0.15) is 0 Å². The molecule has 11 heteroatoms. The van der Waals surface area contributed by atoms with Crippen LogP contribution in [0.3, 0.4) is 0 Å². The molecule has 0 saturated carbocycles. The molecule has 8 nitrogen and oxygen atoms in total. The molecule has 0 bridgehead atoms. The van der Waals surface area contributed by atoms with Crippen molar-refractivity contribution in [1.82, 2.24) is 4.86 Å². The summed E-state index contributed by atoms with van der Waals surface area (Å²) in [6.07, 6.45) is 5.53. The molecule has 0 saturated heterocycles. The van der Waals surface area contributed by atoms with Crippen LogP contribution < -0.4 is 18.4 Å². The summed E-state index contributed by atoms with van der Waals surface area (Å²) in [5, 5.41) is 0. The predicted octanol–water partition coefficient (Wildman–Crippen LogP) is 11.6. The Balaban J connectivity index is 2.09. The molecule has 1 N–H and O–H groups in total. The minimum absolute atomic E-state index is 0.429. The van der Waals surface area contributed by atoms with E-state index in [1.54, 1.807) is 0 Å². The van der Waals surface area contributed by atoms with Gasteiger partial charge in [-0.1, -0.05) is 93.1 Å². The number of hydrogen-bond acceptors (Lipinski definition) is 7. The van der Waals surface area contributed by atoms with E-state index in [0.29, 0.717) is 37.1 Å². The van der Waals surface area contributed by atoms with Gasteiger partial charge in [0.25, 0.3) is 0 Å². The standard InChI is InChI=1S/C33H49N2O6P3/c1-7-10-25-36-42(39-31-19-13-28(4)14-20-31)34-44(38-27-12-9-3,41-33-23-17-30(6)18-24-33)35-43(37-26-11-8-2)40-32-21-15-29(5)16-22-32/h13-24,34H,7-12,25-27H2,1-6H3. The van der Waals surface area contributed by atoms with Crippen LogP contribution in [0.1, 0.15) is 76.0 Å². The van der Waals surface area contributed by atoms with Gasteiger partial charge in [0.15, 0.2) is 0 Å². The first-order valence-corrected chi connectivity index (χ1v) is 19.4. The summed E-state index contributed by atoms with van der Waals surface area (Å²) in [6, 6.07) is 23.6. The maximum Gasteiger partial charge on any atom is 0.377 e. The SMILES string of the molecule is CCCCOP(N=P(NP(OCCCC)Oc1ccc(C)cc1)(OCCCC)Oc1ccc(C)cc1)Oc1ccc(C)cc1. The lowest BCUT2D eigenvalue weighted by atomic mass is 10.2. The molecule has 0 radical (unpaired) electrons. The topological polar surface area (TPSA) is 79.8 Å². The number of benzene rings is 3. The number of unbranched alkanes of at least 4 members (excludes halogenated alkanes) is 3. The molecular weight excluding hydrogens is 613 g/mol. The lowest BCUT2D eigenvalue weighted by Crippen LogP contribution is -2.17. The number of nitrogens with zero attached hydrogens (tertiary/aromatic N) is 1. The molecule has 3 aromatic rings. The van der Waals surface area contributed by atoms with Gasteiger partial charge in [0.2, 0.25) is 0 Å². The molecule has 3 atom stereocenters. The minimum atomic E-state index is -3.33. The van der Waals surface area contributed by atoms with Crippen molar-refractivity contribution in [2.45, 2.75) is 80.1 Å². The van der Waals surface area contributed by atoms with Crippen LogP contribution in [0.2, 0.25) is 0 Å². The first kappa shape index (κ1) is 36.5. The summed E-state index contributed by atoms with van der Waals surface area (Å²) in [5.74, 6) is 1.97. The molecule has 0 fully saturated rings. The lowest BCUT2D eigenvalue weighted by Gasteiger charge is -2.29. The average molecular weight is 663 g/mol. The number of hydrogen-bond donors (Lipinski definition) is 1. The van der Waals surface area contributed by atoms with E-state index in [-0.39, 0.29) is 0 Å². The largest absolute Gasteiger partial charge is 0.436 e. The van der Waals surface area contributed by atoms with Crippen molar-refractivity contribution < 1.29 is 27.1 Å². The van der Waals surface area contributed by atoms with Gasteiger partial charge in [-0.25, -0.2) is 0 Å². The molecule has 0 amide bonds. The zero-order chi connectivity index (χ0) is 31.6. The molecular formula is C33H49N2O6P3. The summed E-state index contributed by atoms with van der Waals surface area (Å²) < 4.78 is 43.8. The van der Waals surface area contributed by atoms with Crippen molar-refractivity contribution in [2.24, 2.45) is 4.52 Å². The summed E-state index contributed by atoms with van der Waals surface area (Å²) >= 11 is 0. The molecule has 3 rings (SSSR count). The van der Waals surface area contributed by atoms with Gasteiger partial charge in [-0.15, -0.1) is 9.37 Å². The van der Waals surface area contributed by atoms with E-state index in [1.165, 1.54) is 0 Å². The Morgan fingerprint density at radius 3 is 1.57 bits per heavy atom. The van der Waals surface area contributed by atoms with E-state index in [4.69, 9.17) is 31.7 Å². The smallest absolute Gasteiger partial charge is 0.377 e. The normalized spacial score (nSPS) is 14.0. The van der Waals surface area contributed by atoms with Crippen LogP contribution in [0.15, 0.2) is 77.3 Å². The van der Waals surface area contributed by atoms with Crippen LogP contribution in [-0.2, 0) is 13.6 Å². The first-order valence-electron chi connectivity index (χ1n) is 15.5. The molecule has 0 aromatic heterocycles. The predicted molar refractivity (Wildman–Crippen MR) is 184 cm³/mol. The molecule has 0 aliphatic rings. The van der Waals surface area contributed by atoms with Gasteiger partial charge in [0, 0.05) is 0 Å². The maximum absolute atomic E-state index is 6.71. The van der Waals surface area contributed by atoms with Gasteiger partial charge in [-0.3, -0.25) is 0 Å². The van der Waals surface area contributed by atoms with Crippen LogP contribution in [0, 0.1) is 20.8 Å². The van der Waals surface area contributed by atoms with Crippen molar-refractivity contribution >= 4 is 24.7 Å². The number of nitrogens with one attached hydrogen (secondary N) is 1. The third-order valence-electron chi connectivity index (χ3n) is 6.23. The van der Waals surface area contributed by atoms with Gasteiger partial charge in [0.05, 0.1) is 19.8 Å². The monoisotopic (exact) mass is 662 g/mol. The van der Waals surface area contributed by atoms with Crippen LogP contribution in [-0.4, -0.2) is 19.8 Å². The van der Waals surface area contributed by atoms with Crippen molar-refractivity contribution in [3.8, 4) is 17.2 Å². The van der Waals surface area contributed by atoms with Crippen LogP contribution in [0.5, 0.6) is 17.2 Å². The highest BCUT2D eigenvalue weighted by Gasteiger charge is 2.34. The Morgan fingerprint density at radius 2 is 1.05 bits per heavy atom. The molecule has 0 aliphatic carbocycles. The van der Waals surface area contributed by atoms with Crippen LogP contribution in [0.25, 0.3) is 0 Å². The van der Waals surface area contributed by atoms with E-state index in [0.717, 1.165) is 55.2 Å². The minimum Gasteiger partial charge on any atom is -0.436 e. The molecule has 3 unspecified atom stereocenters. The van der Waals surface area contributed by atoms with Crippen LogP contribution >= 0.6 is 24.7 Å². The number of aryl methyl sites for hydroxylation is 3. The first-order chi connectivity index (χ1) is 21.3. The van der Waals surface area contributed by atoms with E-state index >= 15 is 0 Å². The van der Waals surface area contributed by atoms with Crippen LogP contribution in [0.4, 0.5) is 0 Å². The maximum atomic E-state index is 6.71. The summed E-state index contributed by atoms with van der Waals surface area (Å²) in [7, 11) is -6.88. The van der Waals surface area contributed by atoms with E-state index in [2.05, 4.69) is 25.6 Å². The van der Waals surface area contributed by atoms with E-state index < -0.39 is 24.7 Å². The second kappa shape index (κ2) is 20.2. The van der Waals surface area contributed by atoms with Gasteiger partial charge in [0.1, 0.15) is 17.2 Å². The Kier molecular flexibility index (Phi) is 16.7. The molecule has 3 aromatic carbocycles. The quantitative estimate of drug-likeness (QED) is 0.0898. The average Bonchev–Trinajstić information content (AvgIpc) is 3.01. The highest BCUT2D eigenvalue weighted by atomic mass is 31.3. The van der Waals surface area contributed by atoms with E-state index in [9.17, 15) is 0 Å². The third kappa shape index (κ3) is 13.5. The fourth-order valence-electron chi connectivity index (χ4n) is 3.52. The zero-order valence-corrected chi connectivity index (χ0v) is 29.7. The lowest BCUT2D eigenvalue weighted by molar-refractivity contribution is 0.280. The number of rotatable bonds is 21.